The Morgan fingerprint density at radius 2 is 1.43 bits per heavy atom. The summed E-state index contributed by atoms with van der Waals surface area (Å²) in [6.07, 6.45) is 0. The van der Waals surface area contributed by atoms with Crippen LogP contribution in [0.3, 0.4) is 0 Å². The minimum absolute atomic E-state index is 0.00229. The highest BCUT2D eigenvalue weighted by Crippen LogP contribution is 2.23. The first-order valence-electron chi connectivity index (χ1n) is 7.14. The van der Waals surface area contributed by atoms with E-state index in [0.29, 0.717) is 5.69 Å². The van der Waals surface area contributed by atoms with E-state index in [1.54, 1.807) is 12.1 Å². The number of anilines is 1. The molecule has 0 aromatic heterocycles. The fourth-order valence-electron chi connectivity index (χ4n) is 2.01. The van der Waals surface area contributed by atoms with Gasteiger partial charge in [0.1, 0.15) is 0 Å². The number of hydrogen-bond donors (Lipinski definition) is 3. The van der Waals surface area contributed by atoms with Gasteiger partial charge in [0.15, 0.2) is 0 Å². The number of hydrogen-bond acceptors (Lipinski definition) is 4. The summed E-state index contributed by atoms with van der Waals surface area (Å²) in [6.45, 7) is 4.91. The summed E-state index contributed by atoms with van der Waals surface area (Å²) in [7, 11) is 0. The maximum atomic E-state index is 11.9. The van der Waals surface area contributed by atoms with Crippen LogP contribution in [0.4, 0.5) is 5.69 Å². The van der Waals surface area contributed by atoms with E-state index in [0.717, 1.165) is 10.5 Å². The zero-order valence-electron chi connectivity index (χ0n) is 13.5. The molecular formula is C16H22N2O5. The van der Waals surface area contributed by atoms with Gasteiger partial charge in [-0.3, -0.25) is 19.3 Å². The van der Waals surface area contributed by atoms with Gasteiger partial charge in [-0.15, -0.1) is 0 Å². The zero-order chi connectivity index (χ0) is 17.6. The highest BCUT2D eigenvalue weighted by molar-refractivity contribution is 5.92. The van der Waals surface area contributed by atoms with Crippen molar-refractivity contribution >= 4 is 23.5 Å². The van der Waals surface area contributed by atoms with Crippen LogP contribution >= 0.6 is 0 Å². The first kappa shape index (κ1) is 18.6. The Kier molecular flexibility index (Phi) is 6.27. The van der Waals surface area contributed by atoms with Crippen LogP contribution in [0.15, 0.2) is 24.3 Å². The number of rotatable bonds is 7. The van der Waals surface area contributed by atoms with Gasteiger partial charge < -0.3 is 15.5 Å². The van der Waals surface area contributed by atoms with Crippen molar-refractivity contribution in [2.75, 3.05) is 25.0 Å². The Morgan fingerprint density at radius 3 is 1.83 bits per heavy atom. The number of carbonyl (C=O) groups is 3. The molecule has 7 heteroatoms. The molecule has 0 fully saturated rings. The third kappa shape index (κ3) is 6.92. The van der Waals surface area contributed by atoms with Crippen molar-refractivity contribution in [3.63, 3.8) is 0 Å². The fourth-order valence-corrected chi connectivity index (χ4v) is 2.01. The molecular weight excluding hydrogens is 300 g/mol. The van der Waals surface area contributed by atoms with Crippen molar-refractivity contribution in [2.24, 2.45) is 0 Å². The highest BCUT2D eigenvalue weighted by Gasteiger charge is 2.17. The van der Waals surface area contributed by atoms with Crippen molar-refractivity contribution in [3.05, 3.63) is 29.8 Å². The van der Waals surface area contributed by atoms with Gasteiger partial charge in [-0.2, -0.15) is 0 Å². The minimum Gasteiger partial charge on any atom is -0.480 e. The molecule has 1 amide bonds. The van der Waals surface area contributed by atoms with Crippen LogP contribution in [0, 0.1) is 0 Å². The number of carboxylic acids is 2. The molecule has 1 aromatic rings. The van der Waals surface area contributed by atoms with Crippen LogP contribution in [0.25, 0.3) is 0 Å². The lowest BCUT2D eigenvalue weighted by molar-refractivity contribution is -0.142. The number of amides is 1. The molecule has 3 N–H and O–H groups in total. The normalized spacial score (nSPS) is 11.3. The second-order valence-electron chi connectivity index (χ2n) is 6.31. The van der Waals surface area contributed by atoms with E-state index in [2.05, 4.69) is 26.1 Å². The molecule has 7 nitrogen and oxygen atoms in total. The topological polar surface area (TPSA) is 107 Å². The van der Waals surface area contributed by atoms with E-state index in [1.807, 2.05) is 12.1 Å². The van der Waals surface area contributed by atoms with Gasteiger partial charge >= 0.3 is 11.9 Å². The van der Waals surface area contributed by atoms with Gasteiger partial charge in [0.25, 0.3) is 0 Å². The lowest BCUT2D eigenvalue weighted by atomic mass is 9.87. The summed E-state index contributed by atoms with van der Waals surface area (Å²) in [5, 5.41) is 20.1. The van der Waals surface area contributed by atoms with Gasteiger partial charge in [-0.1, -0.05) is 32.9 Å². The summed E-state index contributed by atoms with van der Waals surface area (Å²) >= 11 is 0. The molecule has 0 spiro atoms. The van der Waals surface area contributed by atoms with Crippen LogP contribution < -0.4 is 5.32 Å². The SMILES string of the molecule is CC(C)(C)c1ccc(NC(=O)CN(CC(=O)O)CC(=O)O)cc1. The maximum Gasteiger partial charge on any atom is 0.317 e. The maximum absolute atomic E-state index is 11.9. The van der Waals surface area contributed by atoms with Crippen LogP contribution in [0.1, 0.15) is 26.3 Å². The molecule has 0 saturated heterocycles. The third-order valence-corrected chi connectivity index (χ3v) is 3.12. The predicted molar refractivity (Wildman–Crippen MR) is 85.5 cm³/mol. The van der Waals surface area contributed by atoms with Gasteiger partial charge in [-0.25, -0.2) is 0 Å². The quantitative estimate of drug-likeness (QED) is 0.700. The standard InChI is InChI=1S/C16H22N2O5/c1-16(2,3)11-4-6-12(7-5-11)17-13(19)8-18(9-14(20)21)10-15(22)23/h4-7H,8-10H2,1-3H3,(H,17,19)(H,20,21)(H,22,23). The molecule has 0 heterocycles. The van der Waals surface area contributed by atoms with Crippen molar-refractivity contribution in [1.29, 1.82) is 0 Å². The Bertz CT molecular complexity index is 559. The molecule has 0 atom stereocenters. The smallest absolute Gasteiger partial charge is 0.317 e. The van der Waals surface area contributed by atoms with E-state index >= 15 is 0 Å². The number of nitrogens with one attached hydrogen (secondary N) is 1. The first-order valence-corrected chi connectivity index (χ1v) is 7.14. The lowest BCUT2D eigenvalue weighted by Crippen LogP contribution is -2.40. The van der Waals surface area contributed by atoms with E-state index in [4.69, 9.17) is 10.2 Å². The summed E-state index contributed by atoms with van der Waals surface area (Å²) in [4.78, 5) is 34.4. The average Bonchev–Trinajstić information content (AvgIpc) is 2.36. The van der Waals surface area contributed by atoms with Crippen molar-refractivity contribution in [3.8, 4) is 0 Å². The monoisotopic (exact) mass is 322 g/mol. The second-order valence-corrected chi connectivity index (χ2v) is 6.31. The molecule has 0 radical (unpaired) electrons. The molecule has 0 saturated carbocycles. The van der Waals surface area contributed by atoms with Crippen molar-refractivity contribution in [1.82, 2.24) is 4.90 Å². The average molecular weight is 322 g/mol. The molecule has 0 aliphatic carbocycles. The van der Waals surface area contributed by atoms with Crippen molar-refractivity contribution in [2.45, 2.75) is 26.2 Å². The van der Waals surface area contributed by atoms with Crippen molar-refractivity contribution < 1.29 is 24.6 Å². The molecule has 1 aromatic carbocycles. The largest absolute Gasteiger partial charge is 0.480 e. The van der Waals surface area contributed by atoms with E-state index in [1.165, 1.54) is 0 Å². The van der Waals surface area contributed by atoms with E-state index in [-0.39, 0.29) is 12.0 Å². The summed E-state index contributed by atoms with van der Waals surface area (Å²) < 4.78 is 0. The number of aliphatic carboxylic acids is 2. The van der Waals surface area contributed by atoms with Crippen LogP contribution in [-0.4, -0.2) is 52.6 Å². The molecule has 0 aliphatic rings. The molecule has 0 aliphatic heterocycles. The predicted octanol–water partition coefficient (Wildman–Crippen LogP) is 1.39. The molecule has 126 valence electrons. The summed E-state index contributed by atoms with van der Waals surface area (Å²) in [5.41, 5.74) is 1.70. The first-order chi connectivity index (χ1) is 10.6. The van der Waals surface area contributed by atoms with Gasteiger partial charge in [0.05, 0.1) is 19.6 Å². The number of nitrogens with zero attached hydrogens (tertiary/aromatic N) is 1. The van der Waals surface area contributed by atoms with Gasteiger partial charge in [0.2, 0.25) is 5.91 Å². The third-order valence-electron chi connectivity index (χ3n) is 3.12. The van der Waals surface area contributed by atoms with Crippen LogP contribution in [-0.2, 0) is 19.8 Å². The van der Waals surface area contributed by atoms with Gasteiger partial charge in [-0.05, 0) is 23.1 Å². The van der Waals surface area contributed by atoms with Crippen LogP contribution in [0.5, 0.6) is 0 Å². The van der Waals surface area contributed by atoms with E-state index < -0.39 is 30.9 Å². The highest BCUT2D eigenvalue weighted by atomic mass is 16.4. The number of carbonyl (C=O) groups excluding carboxylic acids is 1. The van der Waals surface area contributed by atoms with E-state index in [9.17, 15) is 14.4 Å². The Hall–Kier alpha value is -2.41. The van der Waals surface area contributed by atoms with Crippen LogP contribution in [0.2, 0.25) is 0 Å². The minimum atomic E-state index is -1.19. The fraction of sp³-hybridized carbons (Fsp3) is 0.438. The Balaban J connectivity index is 2.66. The molecule has 23 heavy (non-hydrogen) atoms. The lowest BCUT2D eigenvalue weighted by Gasteiger charge is -2.20. The number of benzene rings is 1. The Labute approximate surface area is 134 Å². The number of carboxylic acid groups (broad SMARTS) is 2. The summed E-state index contributed by atoms with van der Waals surface area (Å²) in [6, 6.07) is 7.33. The molecule has 0 unspecified atom stereocenters. The second kappa shape index (κ2) is 7.73. The Morgan fingerprint density at radius 1 is 0.957 bits per heavy atom. The summed E-state index contributed by atoms with van der Waals surface area (Å²) in [5.74, 6) is -2.84. The van der Waals surface area contributed by atoms with Gasteiger partial charge in [0, 0.05) is 5.69 Å². The molecule has 1 rings (SSSR count). The zero-order valence-corrected chi connectivity index (χ0v) is 13.5. The molecule has 0 bridgehead atoms.